The fourth-order valence-corrected chi connectivity index (χ4v) is 4.34. The minimum atomic E-state index is 0.671. The molecule has 1 N–H and O–H groups in total. The number of benzene rings is 1. The summed E-state index contributed by atoms with van der Waals surface area (Å²) in [6.07, 6.45) is 4.06. The van der Waals surface area contributed by atoms with Gasteiger partial charge in [-0.05, 0) is 50.3 Å². The van der Waals surface area contributed by atoms with Crippen LogP contribution in [0.3, 0.4) is 0 Å². The monoisotopic (exact) mass is 263 g/mol. The molecule has 0 aromatic heterocycles. The van der Waals surface area contributed by atoms with Crippen LogP contribution in [0.5, 0.6) is 0 Å². The maximum absolute atomic E-state index is 3.51. The number of hydrogen-bond acceptors (Lipinski definition) is 2. The van der Waals surface area contributed by atoms with Crippen LogP contribution in [0.25, 0.3) is 0 Å². The summed E-state index contributed by atoms with van der Waals surface area (Å²) in [5, 5.41) is 4.23. The maximum Gasteiger partial charge on any atom is 0.0251 e. The van der Waals surface area contributed by atoms with Gasteiger partial charge in [0.1, 0.15) is 0 Å². The van der Waals surface area contributed by atoms with E-state index in [4.69, 9.17) is 0 Å². The molecule has 0 heterocycles. The Balaban J connectivity index is 2.02. The Morgan fingerprint density at radius 3 is 2.50 bits per heavy atom. The summed E-state index contributed by atoms with van der Waals surface area (Å²) in [6.45, 7) is 4.74. The van der Waals surface area contributed by atoms with Gasteiger partial charge in [0.15, 0.2) is 0 Å². The van der Waals surface area contributed by atoms with Crippen molar-refractivity contribution < 1.29 is 0 Å². The summed E-state index contributed by atoms with van der Waals surface area (Å²) in [5.74, 6) is 1.72. The summed E-state index contributed by atoms with van der Waals surface area (Å²) in [4.78, 5) is 1.41. The molecule has 0 amide bonds. The predicted octanol–water partition coefficient (Wildman–Crippen LogP) is 4.19. The minimum absolute atomic E-state index is 0.671. The first-order valence-electron chi connectivity index (χ1n) is 7.09. The van der Waals surface area contributed by atoms with Gasteiger partial charge < -0.3 is 5.32 Å². The van der Waals surface area contributed by atoms with E-state index in [1.54, 1.807) is 0 Å². The zero-order valence-electron chi connectivity index (χ0n) is 11.7. The van der Waals surface area contributed by atoms with Crippen LogP contribution in [0.1, 0.15) is 33.1 Å². The summed E-state index contributed by atoms with van der Waals surface area (Å²) < 4.78 is 0. The van der Waals surface area contributed by atoms with Crippen molar-refractivity contribution in [2.45, 2.75) is 49.3 Å². The summed E-state index contributed by atoms with van der Waals surface area (Å²) in [7, 11) is 2.11. The fraction of sp³-hybridized carbons (Fsp3) is 0.625. The molecule has 2 heteroatoms. The smallest absolute Gasteiger partial charge is 0.0251 e. The molecule has 1 aromatic carbocycles. The lowest BCUT2D eigenvalue weighted by atomic mass is 9.79. The second kappa shape index (κ2) is 6.63. The third-order valence-corrected chi connectivity index (χ3v) is 5.54. The fourth-order valence-electron chi connectivity index (χ4n) is 2.90. The van der Waals surface area contributed by atoms with E-state index in [9.17, 15) is 0 Å². The molecular weight excluding hydrogens is 238 g/mol. The van der Waals surface area contributed by atoms with Gasteiger partial charge in [0.05, 0.1) is 0 Å². The number of thioether (sulfide) groups is 1. The zero-order valence-corrected chi connectivity index (χ0v) is 12.5. The van der Waals surface area contributed by atoms with E-state index in [1.807, 2.05) is 0 Å². The maximum atomic E-state index is 3.51. The van der Waals surface area contributed by atoms with E-state index in [-0.39, 0.29) is 0 Å². The van der Waals surface area contributed by atoms with Crippen LogP contribution in [-0.4, -0.2) is 18.3 Å². The molecule has 2 rings (SSSR count). The molecule has 1 aliphatic carbocycles. The average Bonchev–Trinajstić information content (AvgIpc) is 2.39. The van der Waals surface area contributed by atoms with Crippen LogP contribution in [-0.2, 0) is 0 Å². The molecule has 1 aliphatic rings. The van der Waals surface area contributed by atoms with Gasteiger partial charge in [0.25, 0.3) is 0 Å². The lowest BCUT2D eigenvalue weighted by Gasteiger charge is -2.37. The van der Waals surface area contributed by atoms with Gasteiger partial charge in [0.2, 0.25) is 0 Å². The molecule has 1 aromatic rings. The molecule has 0 spiro atoms. The molecule has 3 atom stereocenters. The van der Waals surface area contributed by atoms with Gasteiger partial charge in [-0.2, -0.15) is 0 Å². The van der Waals surface area contributed by atoms with E-state index in [2.05, 4.69) is 68.3 Å². The van der Waals surface area contributed by atoms with Crippen LogP contribution < -0.4 is 5.32 Å². The van der Waals surface area contributed by atoms with E-state index in [0.717, 1.165) is 17.1 Å². The van der Waals surface area contributed by atoms with Gasteiger partial charge in [-0.3, -0.25) is 0 Å². The van der Waals surface area contributed by atoms with Gasteiger partial charge in [-0.15, -0.1) is 11.8 Å². The Morgan fingerprint density at radius 1 is 1.17 bits per heavy atom. The van der Waals surface area contributed by atoms with Gasteiger partial charge >= 0.3 is 0 Å². The van der Waals surface area contributed by atoms with E-state index in [1.165, 1.54) is 24.2 Å². The number of nitrogens with one attached hydrogen (secondary N) is 1. The van der Waals surface area contributed by atoms with E-state index >= 15 is 0 Å². The molecule has 18 heavy (non-hydrogen) atoms. The van der Waals surface area contributed by atoms with Crippen LogP contribution in [0.15, 0.2) is 35.2 Å². The predicted molar refractivity (Wildman–Crippen MR) is 81.1 cm³/mol. The minimum Gasteiger partial charge on any atom is -0.316 e. The highest BCUT2D eigenvalue weighted by atomic mass is 32.2. The van der Waals surface area contributed by atoms with Crippen LogP contribution in [0.4, 0.5) is 0 Å². The average molecular weight is 263 g/mol. The Morgan fingerprint density at radius 2 is 1.89 bits per heavy atom. The van der Waals surface area contributed by atoms with E-state index < -0.39 is 0 Å². The summed E-state index contributed by atoms with van der Waals surface area (Å²) in [5.41, 5.74) is 0. The van der Waals surface area contributed by atoms with Gasteiger partial charge in [0, 0.05) is 16.2 Å². The SMILES string of the molecule is CNC1CCC(C(C)C)CC1Sc1ccccc1. The second-order valence-electron chi connectivity index (χ2n) is 5.68. The van der Waals surface area contributed by atoms with Crippen LogP contribution >= 0.6 is 11.8 Å². The highest BCUT2D eigenvalue weighted by molar-refractivity contribution is 8.00. The molecule has 0 bridgehead atoms. The van der Waals surface area contributed by atoms with Crippen molar-refractivity contribution in [1.29, 1.82) is 0 Å². The normalized spacial score (nSPS) is 28.6. The van der Waals surface area contributed by atoms with Crippen LogP contribution in [0.2, 0.25) is 0 Å². The molecule has 0 aliphatic heterocycles. The Hall–Kier alpha value is -0.470. The van der Waals surface area contributed by atoms with Crippen LogP contribution in [0, 0.1) is 11.8 Å². The lowest BCUT2D eigenvalue weighted by molar-refractivity contribution is 0.251. The van der Waals surface area contributed by atoms with Crippen molar-refractivity contribution in [3.05, 3.63) is 30.3 Å². The van der Waals surface area contributed by atoms with Crippen molar-refractivity contribution in [1.82, 2.24) is 5.32 Å². The van der Waals surface area contributed by atoms with Crippen molar-refractivity contribution in [2.24, 2.45) is 11.8 Å². The quantitative estimate of drug-likeness (QED) is 0.874. The first kappa shape index (κ1) is 14.0. The molecule has 1 nitrogen and oxygen atoms in total. The second-order valence-corrected chi connectivity index (χ2v) is 6.99. The molecule has 1 fully saturated rings. The standard InChI is InChI=1S/C16H25NS/c1-12(2)13-9-10-15(17-3)16(11-13)18-14-7-5-4-6-8-14/h4-8,12-13,15-17H,9-11H2,1-3H3. The van der Waals surface area contributed by atoms with E-state index in [0.29, 0.717) is 6.04 Å². The topological polar surface area (TPSA) is 12.0 Å². The highest BCUT2D eigenvalue weighted by Gasteiger charge is 2.31. The third kappa shape index (κ3) is 3.52. The van der Waals surface area contributed by atoms with Crippen molar-refractivity contribution in [3.8, 4) is 0 Å². The molecule has 0 radical (unpaired) electrons. The molecule has 1 saturated carbocycles. The van der Waals surface area contributed by atoms with Crippen molar-refractivity contribution >= 4 is 11.8 Å². The summed E-state index contributed by atoms with van der Waals surface area (Å²) >= 11 is 2.06. The van der Waals surface area contributed by atoms with Crippen molar-refractivity contribution in [2.75, 3.05) is 7.05 Å². The lowest BCUT2D eigenvalue weighted by Crippen LogP contribution is -2.41. The Labute approximate surface area is 116 Å². The third-order valence-electron chi connectivity index (χ3n) is 4.18. The molecule has 3 unspecified atom stereocenters. The first-order valence-corrected chi connectivity index (χ1v) is 7.97. The molecule has 100 valence electrons. The summed E-state index contributed by atoms with van der Waals surface area (Å²) in [6, 6.07) is 11.5. The van der Waals surface area contributed by atoms with Gasteiger partial charge in [-0.1, -0.05) is 32.0 Å². The van der Waals surface area contributed by atoms with Crippen molar-refractivity contribution in [3.63, 3.8) is 0 Å². The Kier molecular flexibility index (Phi) is 5.13. The Bertz CT molecular complexity index is 349. The largest absolute Gasteiger partial charge is 0.316 e. The zero-order chi connectivity index (χ0) is 13.0. The molecular formula is C16H25NS. The number of hydrogen-bond donors (Lipinski definition) is 1. The highest BCUT2D eigenvalue weighted by Crippen LogP contribution is 2.38. The molecule has 0 saturated heterocycles. The van der Waals surface area contributed by atoms with Gasteiger partial charge in [-0.25, -0.2) is 0 Å². The number of rotatable bonds is 4. The first-order chi connectivity index (χ1) is 8.70.